The van der Waals surface area contributed by atoms with Crippen molar-refractivity contribution in [2.24, 2.45) is 0 Å². The number of aliphatic hydroxyl groups excluding tert-OH is 1. The third-order valence-electron chi connectivity index (χ3n) is 5.74. The van der Waals surface area contributed by atoms with Crippen molar-refractivity contribution in [3.8, 4) is 0 Å². The van der Waals surface area contributed by atoms with Crippen LogP contribution in [-0.2, 0) is 10.1 Å². The maximum atomic E-state index is 11.6. The average molecular weight is 421 g/mol. The highest BCUT2D eigenvalue weighted by Gasteiger charge is 2.21. The zero-order chi connectivity index (χ0) is 20.9. The summed E-state index contributed by atoms with van der Waals surface area (Å²) < 4.78 is 32.7. The maximum absolute atomic E-state index is 11.6. The predicted molar refractivity (Wildman–Crippen MR) is 120 cm³/mol. The summed E-state index contributed by atoms with van der Waals surface area (Å²) in [5, 5.41) is 8.18. The van der Waals surface area contributed by atoms with Crippen molar-refractivity contribution in [2.75, 3.05) is 6.61 Å². The van der Waals surface area contributed by atoms with Crippen LogP contribution in [0, 0.1) is 0 Å². The summed E-state index contributed by atoms with van der Waals surface area (Å²) in [6.07, 6.45) is 22.2. The summed E-state index contributed by atoms with van der Waals surface area (Å²) >= 11 is 0. The van der Waals surface area contributed by atoms with Crippen molar-refractivity contribution >= 4 is 10.1 Å². The van der Waals surface area contributed by atoms with Crippen molar-refractivity contribution in [1.82, 2.24) is 0 Å². The van der Waals surface area contributed by atoms with Crippen molar-refractivity contribution in [1.29, 1.82) is 0 Å². The molecule has 2 N–H and O–H groups in total. The number of hydrogen-bond donors (Lipinski definition) is 2. The van der Waals surface area contributed by atoms with Crippen LogP contribution in [0.25, 0.3) is 0 Å². The Morgan fingerprint density at radius 1 is 0.571 bits per heavy atom. The SMILES string of the molecule is CCCCCCCCCCC(CCCCCCCCCCCCO)S(=O)(=O)O. The van der Waals surface area contributed by atoms with Crippen LogP contribution in [0.5, 0.6) is 0 Å². The molecule has 1 atom stereocenters. The second-order valence-electron chi connectivity index (χ2n) is 8.45. The molecule has 0 saturated carbocycles. The zero-order valence-corrected chi connectivity index (χ0v) is 19.4. The van der Waals surface area contributed by atoms with Crippen LogP contribution in [0.1, 0.15) is 135 Å². The Labute approximate surface area is 175 Å². The van der Waals surface area contributed by atoms with Gasteiger partial charge in [-0.05, 0) is 19.3 Å². The monoisotopic (exact) mass is 420 g/mol. The maximum Gasteiger partial charge on any atom is 0.267 e. The summed E-state index contributed by atoms with van der Waals surface area (Å²) in [5.74, 6) is 0. The van der Waals surface area contributed by atoms with Crippen molar-refractivity contribution in [3.05, 3.63) is 0 Å². The Hall–Kier alpha value is -0.130. The summed E-state index contributed by atoms with van der Waals surface area (Å²) in [6, 6.07) is 0. The van der Waals surface area contributed by atoms with E-state index in [-0.39, 0.29) is 0 Å². The Kier molecular flexibility index (Phi) is 20.1. The van der Waals surface area contributed by atoms with Gasteiger partial charge in [-0.25, -0.2) is 0 Å². The highest BCUT2D eigenvalue weighted by Crippen LogP contribution is 2.19. The van der Waals surface area contributed by atoms with E-state index in [0.29, 0.717) is 19.4 Å². The highest BCUT2D eigenvalue weighted by atomic mass is 32.2. The van der Waals surface area contributed by atoms with Gasteiger partial charge < -0.3 is 5.11 Å². The second kappa shape index (κ2) is 20.2. The molecule has 0 aromatic heterocycles. The van der Waals surface area contributed by atoms with Gasteiger partial charge in [0.05, 0.1) is 5.25 Å². The first-order valence-corrected chi connectivity index (χ1v) is 13.6. The molecule has 4 nitrogen and oxygen atoms in total. The molecule has 0 aliphatic carbocycles. The minimum absolute atomic E-state index is 0.309. The molecule has 0 amide bonds. The van der Waals surface area contributed by atoms with Crippen LogP contribution < -0.4 is 0 Å². The summed E-state index contributed by atoms with van der Waals surface area (Å²) in [6.45, 7) is 2.53. The Morgan fingerprint density at radius 2 is 0.893 bits per heavy atom. The summed E-state index contributed by atoms with van der Waals surface area (Å²) in [7, 11) is -3.90. The molecule has 0 aliphatic rings. The molecule has 28 heavy (non-hydrogen) atoms. The van der Waals surface area contributed by atoms with E-state index in [0.717, 1.165) is 44.9 Å². The number of unbranched alkanes of at least 4 members (excludes halogenated alkanes) is 16. The minimum Gasteiger partial charge on any atom is -0.396 e. The molecule has 0 rings (SSSR count). The van der Waals surface area contributed by atoms with Crippen molar-refractivity contribution in [3.63, 3.8) is 0 Å². The summed E-state index contributed by atoms with van der Waals surface area (Å²) in [5.41, 5.74) is 0. The molecule has 170 valence electrons. The fraction of sp³-hybridized carbons (Fsp3) is 1.00. The third kappa shape index (κ3) is 19.2. The highest BCUT2D eigenvalue weighted by molar-refractivity contribution is 7.86. The first-order chi connectivity index (χ1) is 13.5. The van der Waals surface area contributed by atoms with Gasteiger partial charge in [0.2, 0.25) is 0 Å². The van der Waals surface area contributed by atoms with Gasteiger partial charge >= 0.3 is 0 Å². The molecular weight excluding hydrogens is 372 g/mol. The van der Waals surface area contributed by atoms with Gasteiger partial charge in [0.15, 0.2) is 0 Å². The molecule has 0 fully saturated rings. The van der Waals surface area contributed by atoms with E-state index in [2.05, 4.69) is 6.92 Å². The van der Waals surface area contributed by atoms with Crippen molar-refractivity contribution in [2.45, 2.75) is 141 Å². The Balaban J connectivity index is 3.63. The molecule has 0 radical (unpaired) electrons. The lowest BCUT2D eigenvalue weighted by atomic mass is 10.0. The van der Waals surface area contributed by atoms with E-state index < -0.39 is 15.4 Å². The van der Waals surface area contributed by atoms with Crippen LogP contribution in [0.3, 0.4) is 0 Å². The molecule has 0 aromatic carbocycles. The Morgan fingerprint density at radius 3 is 1.21 bits per heavy atom. The molecule has 0 spiro atoms. The second-order valence-corrected chi connectivity index (χ2v) is 10.1. The fourth-order valence-corrected chi connectivity index (χ4v) is 4.78. The van der Waals surface area contributed by atoms with Crippen LogP contribution in [-0.4, -0.2) is 29.9 Å². The van der Waals surface area contributed by atoms with E-state index >= 15 is 0 Å². The van der Waals surface area contributed by atoms with E-state index in [4.69, 9.17) is 5.11 Å². The topological polar surface area (TPSA) is 74.6 Å². The van der Waals surface area contributed by atoms with Gasteiger partial charge in [-0.3, -0.25) is 4.55 Å². The van der Waals surface area contributed by atoms with Crippen LogP contribution in [0.15, 0.2) is 0 Å². The standard InChI is InChI=1S/C23H48O4S/c1-2-3-4-5-6-11-14-17-20-23(28(25,26)27)21-18-15-12-9-7-8-10-13-16-19-22-24/h23-24H,2-22H2,1H3,(H,25,26,27). The number of hydrogen-bond acceptors (Lipinski definition) is 3. The lowest BCUT2D eigenvalue weighted by molar-refractivity contribution is 0.282. The average Bonchev–Trinajstić information content (AvgIpc) is 2.65. The van der Waals surface area contributed by atoms with Gasteiger partial charge in [0, 0.05) is 6.61 Å². The van der Waals surface area contributed by atoms with Crippen LogP contribution in [0.4, 0.5) is 0 Å². The molecule has 1 unspecified atom stereocenters. The van der Waals surface area contributed by atoms with Gasteiger partial charge in [-0.1, -0.05) is 116 Å². The molecule has 0 aliphatic heterocycles. The van der Waals surface area contributed by atoms with Gasteiger partial charge in [-0.2, -0.15) is 8.42 Å². The van der Waals surface area contributed by atoms with Gasteiger partial charge in [0.25, 0.3) is 10.1 Å². The number of aliphatic hydroxyl groups is 1. The zero-order valence-electron chi connectivity index (χ0n) is 18.5. The van der Waals surface area contributed by atoms with Gasteiger partial charge in [0.1, 0.15) is 0 Å². The largest absolute Gasteiger partial charge is 0.396 e. The molecule has 0 saturated heterocycles. The van der Waals surface area contributed by atoms with E-state index in [9.17, 15) is 13.0 Å². The lowest BCUT2D eigenvalue weighted by Crippen LogP contribution is -2.20. The van der Waals surface area contributed by atoms with E-state index in [1.807, 2.05) is 0 Å². The molecule has 0 heterocycles. The van der Waals surface area contributed by atoms with Crippen molar-refractivity contribution < 1.29 is 18.1 Å². The molecule has 0 aromatic rings. The first kappa shape index (κ1) is 27.9. The molecule has 0 bridgehead atoms. The predicted octanol–water partition coefficient (Wildman–Crippen LogP) is 7.06. The summed E-state index contributed by atoms with van der Waals surface area (Å²) in [4.78, 5) is 0. The molecular formula is C23H48O4S. The fourth-order valence-electron chi connectivity index (χ4n) is 3.85. The first-order valence-electron chi connectivity index (χ1n) is 12.1. The lowest BCUT2D eigenvalue weighted by Gasteiger charge is -2.13. The minimum atomic E-state index is -3.90. The van der Waals surface area contributed by atoms with E-state index in [1.165, 1.54) is 70.6 Å². The molecule has 5 heteroatoms. The van der Waals surface area contributed by atoms with E-state index in [1.54, 1.807) is 0 Å². The normalized spacial score (nSPS) is 13.1. The third-order valence-corrected chi connectivity index (χ3v) is 7.05. The van der Waals surface area contributed by atoms with Crippen LogP contribution >= 0.6 is 0 Å². The Bertz CT molecular complexity index is 409. The number of rotatable bonds is 22. The smallest absolute Gasteiger partial charge is 0.267 e. The van der Waals surface area contributed by atoms with Gasteiger partial charge in [-0.15, -0.1) is 0 Å². The van der Waals surface area contributed by atoms with Crippen LogP contribution in [0.2, 0.25) is 0 Å². The quantitative estimate of drug-likeness (QED) is 0.145.